The molecule has 2 aromatic rings. The Bertz CT molecular complexity index is 1440. The van der Waals surface area contributed by atoms with E-state index in [1.165, 1.54) is 5.56 Å². The van der Waals surface area contributed by atoms with E-state index in [4.69, 9.17) is 42.3 Å². The van der Waals surface area contributed by atoms with Crippen LogP contribution in [0.15, 0.2) is 72.7 Å². The van der Waals surface area contributed by atoms with E-state index in [0.717, 1.165) is 74.3 Å². The van der Waals surface area contributed by atoms with Crippen molar-refractivity contribution in [3.8, 4) is 0 Å². The molecule has 4 aliphatic rings. The number of ether oxygens (including phenoxy) is 2. The number of halogens is 2. The van der Waals surface area contributed by atoms with Crippen molar-refractivity contribution in [3.05, 3.63) is 83.8 Å². The molecular weight excluding hydrogens is 734 g/mol. The highest BCUT2D eigenvalue weighted by molar-refractivity contribution is 6.40. The normalized spacial score (nSPS) is 15.4. The number of hydrogen-bond donors (Lipinski definition) is 5. The first-order chi connectivity index (χ1) is 25.2. The van der Waals surface area contributed by atoms with E-state index < -0.39 is 0 Å². The van der Waals surface area contributed by atoms with Gasteiger partial charge in [0, 0.05) is 57.8 Å². The minimum absolute atomic E-state index is 0. The number of rotatable bonds is 5. The van der Waals surface area contributed by atoms with Crippen molar-refractivity contribution in [2.24, 2.45) is 0 Å². The number of amides is 5. The van der Waals surface area contributed by atoms with Crippen LogP contribution in [-0.4, -0.2) is 94.2 Å². The van der Waals surface area contributed by atoms with E-state index in [1.807, 2.05) is 73.4 Å². The quantitative estimate of drug-likeness (QED) is 0.174. The van der Waals surface area contributed by atoms with Crippen molar-refractivity contribution in [3.63, 3.8) is 0 Å². The van der Waals surface area contributed by atoms with Crippen LogP contribution in [0.1, 0.15) is 57.1 Å². The second kappa shape index (κ2) is 29.9. The summed E-state index contributed by atoms with van der Waals surface area (Å²) in [6.45, 7) is 8.80. The molecule has 5 N–H and O–H groups in total. The summed E-state index contributed by atoms with van der Waals surface area (Å²) in [5.41, 5.74) is 4.70. The minimum Gasteiger partial charge on any atom is -0.501 e. The summed E-state index contributed by atoms with van der Waals surface area (Å²) in [5.74, 6) is 0.0649. The van der Waals surface area contributed by atoms with Crippen molar-refractivity contribution < 1.29 is 33.4 Å². The number of hydrogen-bond acceptors (Lipinski definition) is 8. The predicted molar refractivity (Wildman–Crippen MR) is 215 cm³/mol. The maximum absolute atomic E-state index is 12.3. The van der Waals surface area contributed by atoms with Gasteiger partial charge in [-0.2, -0.15) is 9.59 Å². The zero-order chi connectivity index (χ0) is 38.0. The molecule has 16 heteroatoms. The summed E-state index contributed by atoms with van der Waals surface area (Å²) in [5, 5.41) is 15.1. The van der Waals surface area contributed by atoms with Crippen LogP contribution in [0.2, 0.25) is 0 Å². The summed E-state index contributed by atoms with van der Waals surface area (Å²) < 4.78 is 9.90. The average Bonchev–Trinajstić information content (AvgIpc) is 3.91. The fourth-order valence-corrected chi connectivity index (χ4v) is 5.26. The zero-order valence-corrected chi connectivity index (χ0v) is 31.8. The molecule has 3 radical (unpaired) electrons. The standard InChI is InChI=1S/C18H23N3O3.C13H19N3O.C4H6O.CH2Cl2.CO2.CH4.B/c1-13-2-4-15(5-3-13)19-18(23)20-16-6-9-21(10-7-16)17(22)14-8-11-24-12-14;1-10-2-4-11(5-3-10)15-13(17)16-12-6-8-14-9-7-12;1-2-4-5-3-1;2*2-1-3;;/h2-5,12,16H,6-11H2,1H3,(H2,19,20,23);2-5,12,14H,6-9H2,1H3,(H2,15,16,17);1,3H,2,4H2;1H2;;1H4;. The molecule has 0 aliphatic carbocycles. The fraction of sp³-hybridized carbons (Fsp3) is 0.474. The third-order valence-corrected chi connectivity index (χ3v) is 7.99. The van der Waals surface area contributed by atoms with Crippen molar-refractivity contribution in [1.29, 1.82) is 0 Å². The molecule has 295 valence electrons. The van der Waals surface area contributed by atoms with Gasteiger partial charge in [0.25, 0.3) is 5.91 Å². The van der Waals surface area contributed by atoms with Gasteiger partial charge in [-0.1, -0.05) is 42.8 Å². The van der Waals surface area contributed by atoms with Crippen molar-refractivity contribution in [2.75, 3.05) is 55.4 Å². The minimum atomic E-state index is -0.199. The third-order valence-electron chi connectivity index (χ3n) is 7.99. The number of anilines is 2. The molecule has 2 saturated heterocycles. The Morgan fingerprint density at radius 2 is 1.26 bits per heavy atom. The SMILES string of the molecule is C.C1=COCC1.Cc1ccc(NC(=O)NC2CCN(C(=O)C3=COCC3)CC2)cc1.Cc1ccc(NC(=O)NC2CCNCC2)cc1.ClCCl.O=C=O.[B]. The lowest BCUT2D eigenvalue weighted by molar-refractivity contribution is -0.191. The van der Waals surface area contributed by atoms with Gasteiger partial charge in [-0.25, -0.2) is 9.59 Å². The Kier molecular flexibility index (Phi) is 27.4. The summed E-state index contributed by atoms with van der Waals surface area (Å²) in [4.78, 5) is 54.2. The fourth-order valence-electron chi connectivity index (χ4n) is 5.26. The number of aryl methyl sites for hydroxylation is 2. The molecule has 0 unspecified atom stereocenters. The summed E-state index contributed by atoms with van der Waals surface area (Å²) in [7, 11) is 0. The van der Waals surface area contributed by atoms with Crippen LogP contribution in [0.25, 0.3) is 0 Å². The molecular formula is C38H54BCl2N6O7. The van der Waals surface area contributed by atoms with Crippen LogP contribution in [0, 0.1) is 13.8 Å². The predicted octanol–water partition coefficient (Wildman–Crippen LogP) is 6.29. The van der Waals surface area contributed by atoms with E-state index in [0.29, 0.717) is 32.2 Å². The van der Waals surface area contributed by atoms with E-state index in [9.17, 15) is 14.4 Å². The van der Waals surface area contributed by atoms with Crippen LogP contribution in [0.3, 0.4) is 0 Å². The molecule has 0 spiro atoms. The number of nitrogens with zero attached hydrogens (tertiary/aromatic N) is 1. The van der Waals surface area contributed by atoms with Crippen molar-refractivity contribution in [1.82, 2.24) is 20.9 Å². The Morgan fingerprint density at radius 1 is 0.796 bits per heavy atom. The van der Waals surface area contributed by atoms with E-state index >= 15 is 0 Å². The number of benzene rings is 2. The smallest absolute Gasteiger partial charge is 0.373 e. The number of urea groups is 2. The van der Waals surface area contributed by atoms with E-state index in [2.05, 4.69) is 26.6 Å². The molecule has 54 heavy (non-hydrogen) atoms. The number of alkyl halides is 2. The Labute approximate surface area is 331 Å². The van der Waals surface area contributed by atoms with Crippen molar-refractivity contribution in [2.45, 2.75) is 71.9 Å². The van der Waals surface area contributed by atoms with Crippen LogP contribution in [0.4, 0.5) is 21.0 Å². The Morgan fingerprint density at radius 3 is 1.63 bits per heavy atom. The second-order valence-electron chi connectivity index (χ2n) is 12.0. The molecule has 2 fully saturated rings. The largest absolute Gasteiger partial charge is 0.501 e. The van der Waals surface area contributed by atoms with E-state index in [-0.39, 0.29) is 51.3 Å². The van der Waals surface area contributed by atoms with Crippen LogP contribution in [-0.2, 0) is 23.9 Å². The lowest BCUT2D eigenvalue weighted by atomic mass is 10.0. The second-order valence-corrected chi connectivity index (χ2v) is 12.8. The molecule has 4 aliphatic heterocycles. The first-order valence-corrected chi connectivity index (χ1v) is 18.2. The number of nitrogens with one attached hydrogen (secondary N) is 5. The molecule has 2 aromatic carbocycles. The maximum Gasteiger partial charge on any atom is 0.373 e. The summed E-state index contributed by atoms with van der Waals surface area (Å²) in [6.07, 6.45) is 10.9. The van der Waals surface area contributed by atoms with Gasteiger partial charge in [-0.3, -0.25) is 4.79 Å². The highest BCUT2D eigenvalue weighted by Crippen LogP contribution is 2.18. The third kappa shape index (κ3) is 21.3. The summed E-state index contributed by atoms with van der Waals surface area (Å²) in [6, 6.07) is 15.6. The van der Waals surface area contributed by atoms with Crippen LogP contribution in [0.5, 0.6) is 0 Å². The van der Waals surface area contributed by atoms with Gasteiger partial charge in [0.05, 0.1) is 36.7 Å². The van der Waals surface area contributed by atoms with Gasteiger partial charge in [0.15, 0.2) is 0 Å². The highest BCUT2D eigenvalue weighted by atomic mass is 35.5. The Balaban J connectivity index is 0.000000813. The summed E-state index contributed by atoms with van der Waals surface area (Å²) >= 11 is 9.53. The van der Waals surface area contributed by atoms with Crippen LogP contribution < -0.4 is 26.6 Å². The number of likely N-dealkylation sites (tertiary alicyclic amines) is 1. The first kappa shape index (κ1) is 49.5. The van der Waals surface area contributed by atoms with Crippen molar-refractivity contribution >= 4 is 67.1 Å². The molecule has 5 amide bonds. The first-order valence-electron chi connectivity index (χ1n) is 17.2. The number of piperidine rings is 2. The van der Waals surface area contributed by atoms with Gasteiger partial charge >= 0.3 is 18.2 Å². The molecule has 6 rings (SSSR count). The lowest BCUT2D eigenvalue weighted by Crippen LogP contribution is -2.47. The van der Waals surface area contributed by atoms with Gasteiger partial charge in [0.1, 0.15) is 0 Å². The number of carbonyl (C=O) groups is 3. The average molecular weight is 789 g/mol. The van der Waals surface area contributed by atoms with Gasteiger partial charge in [0.2, 0.25) is 0 Å². The van der Waals surface area contributed by atoms with Gasteiger partial charge in [-0.15, -0.1) is 23.2 Å². The highest BCUT2D eigenvalue weighted by Gasteiger charge is 2.27. The monoisotopic (exact) mass is 787 g/mol. The van der Waals surface area contributed by atoms with Gasteiger partial charge < -0.3 is 41.0 Å². The number of carbonyl (C=O) groups excluding carboxylic acids is 5. The van der Waals surface area contributed by atoms with Crippen LogP contribution >= 0.6 is 23.2 Å². The zero-order valence-electron chi connectivity index (χ0n) is 30.3. The van der Waals surface area contributed by atoms with Gasteiger partial charge in [-0.05, 0) is 83.0 Å². The maximum atomic E-state index is 12.3. The Hall–Kier alpha value is -4.49. The molecule has 13 nitrogen and oxygen atoms in total. The molecule has 4 heterocycles. The lowest BCUT2D eigenvalue weighted by Gasteiger charge is -2.32. The molecule has 0 aromatic heterocycles. The molecule has 0 atom stereocenters. The van der Waals surface area contributed by atoms with E-state index in [1.54, 1.807) is 12.5 Å². The molecule has 0 saturated carbocycles. The topological polar surface area (TPSA) is 167 Å². The molecule has 0 bridgehead atoms.